The Labute approximate surface area is 213 Å². The number of rotatable bonds is 6. The van der Waals surface area contributed by atoms with Crippen molar-refractivity contribution in [3.8, 4) is 0 Å². The third-order valence-corrected chi connectivity index (χ3v) is 4.71. The van der Waals surface area contributed by atoms with E-state index in [4.69, 9.17) is 0 Å². The molecule has 2 heterocycles. The number of aliphatic hydroxyl groups is 1. The van der Waals surface area contributed by atoms with Crippen molar-refractivity contribution in [1.82, 2.24) is 20.5 Å². The molecule has 0 saturated carbocycles. The van der Waals surface area contributed by atoms with E-state index < -0.39 is 12.1 Å². The maximum Gasteiger partial charge on any atom is 0.267 e. The maximum atomic E-state index is 12.6. The molecule has 2 atom stereocenters. The van der Waals surface area contributed by atoms with E-state index in [-0.39, 0.29) is 45.0 Å². The molecule has 1 fully saturated rings. The van der Waals surface area contributed by atoms with Crippen molar-refractivity contribution < 1.29 is 42.6 Å². The van der Waals surface area contributed by atoms with E-state index in [1.54, 1.807) is 0 Å². The van der Waals surface area contributed by atoms with Crippen LogP contribution in [0.1, 0.15) is 50.2 Å². The van der Waals surface area contributed by atoms with Crippen LogP contribution in [0.15, 0.2) is 30.3 Å². The Morgan fingerprint density at radius 1 is 1.23 bits per heavy atom. The number of carbonyl (C=O) groups excluding carboxylic acids is 1. The number of fused-ring (bicyclic) bond motifs is 1. The van der Waals surface area contributed by atoms with Crippen LogP contribution >= 0.6 is 0 Å². The number of hydrogen-bond donors (Lipinski definition) is 3. The molecule has 1 saturated heterocycles. The van der Waals surface area contributed by atoms with Gasteiger partial charge in [-0.1, -0.05) is 51.9 Å². The van der Waals surface area contributed by atoms with Crippen LogP contribution < -0.4 is 10.6 Å². The Balaban J connectivity index is 0.00000170. The number of piperazine rings is 1. The van der Waals surface area contributed by atoms with E-state index in [1.165, 1.54) is 0 Å². The third-order valence-electron chi connectivity index (χ3n) is 4.71. The molecule has 0 unspecified atom stereocenters. The second-order valence-electron chi connectivity index (χ2n) is 6.65. The van der Waals surface area contributed by atoms with Gasteiger partial charge >= 0.3 is 0 Å². The molecule has 3 N–H and O–H groups in total. The Morgan fingerprint density at radius 2 is 1.84 bits per heavy atom. The summed E-state index contributed by atoms with van der Waals surface area (Å²) < 4.78 is 0. The molecular formula is C24H38N4O2Y-2. The smallest absolute Gasteiger partial charge is 0.267 e. The fourth-order valence-corrected chi connectivity index (χ4v) is 3.14. The van der Waals surface area contributed by atoms with Gasteiger partial charge in [0.2, 0.25) is 0 Å². The first-order valence-corrected chi connectivity index (χ1v) is 11.0. The monoisotopic (exact) mass is 503 g/mol. The summed E-state index contributed by atoms with van der Waals surface area (Å²) in [5.74, 6) is -0.329. The molecule has 0 spiro atoms. The summed E-state index contributed by atoms with van der Waals surface area (Å²) in [5, 5.41) is 16.9. The minimum Gasteiger partial charge on any atom is -0.396 e. The van der Waals surface area contributed by atoms with Gasteiger partial charge in [-0.15, -0.1) is 0 Å². The second kappa shape index (κ2) is 16.7. The minimum atomic E-state index is -0.778. The summed E-state index contributed by atoms with van der Waals surface area (Å²) in [7, 11) is 0. The standard InChI is InChI=1S/C20H26N4O2.2C2H6.Y/c1-3-19(25)14(2)22-20(26)18-12-15(13-24-10-8-21-9-11-24)16-6-4-5-7-17(16)23-18;2*1-2;/h4-7,12,14,19,21,25H,1-3,8-11,13H2,(H,22,26);2*1-2H3;/q-2;;;/t14-,19-;;;/m0.../s1. The molecule has 7 heteroatoms. The van der Waals surface area contributed by atoms with Crippen LogP contribution in [0.2, 0.25) is 0 Å². The number of benzene rings is 1. The molecular weight excluding hydrogens is 465 g/mol. The molecule has 171 valence electrons. The fourth-order valence-electron chi connectivity index (χ4n) is 3.14. The molecule has 3 rings (SSSR count). The van der Waals surface area contributed by atoms with Crippen molar-refractivity contribution in [2.24, 2.45) is 0 Å². The zero-order valence-corrected chi connectivity index (χ0v) is 22.4. The molecule has 31 heavy (non-hydrogen) atoms. The average molecular weight is 504 g/mol. The summed E-state index contributed by atoms with van der Waals surface area (Å²) in [6.07, 6.45) is -0.492. The number of pyridine rings is 1. The Kier molecular flexibility index (Phi) is 16.2. The quantitative estimate of drug-likeness (QED) is 0.528. The summed E-state index contributed by atoms with van der Waals surface area (Å²) in [6, 6.07) is 9.09. The molecule has 1 aromatic carbocycles. The van der Waals surface area contributed by atoms with Crippen molar-refractivity contribution in [3.63, 3.8) is 0 Å². The van der Waals surface area contributed by atoms with Crippen LogP contribution in [0.3, 0.4) is 0 Å². The Bertz CT molecular complexity index is 766. The van der Waals surface area contributed by atoms with Gasteiger partial charge in [0.05, 0.1) is 5.52 Å². The predicted molar refractivity (Wildman–Crippen MR) is 125 cm³/mol. The molecule has 1 amide bonds. The Morgan fingerprint density at radius 3 is 2.45 bits per heavy atom. The average Bonchev–Trinajstić information content (AvgIpc) is 2.81. The molecule has 0 bridgehead atoms. The zero-order chi connectivity index (χ0) is 22.5. The van der Waals surface area contributed by atoms with Crippen LogP contribution in [0.25, 0.3) is 10.9 Å². The minimum absolute atomic E-state index is 0. The summed E-state index contributed by atoms with van der Waals surface area (Å²) in [5.41, 5.74) is 2.23. The fraction of sp³-hybridized carbons (Fsp3) is 0.500. The van der Waals surface area contributed by atoms with Crippen LogP contribution in [0.5, 0.6) is 0 Å². The number of carbonyl (C=O) groups is 1. The SMILES string of the molecule is CC.CC.[CH2-]C[C@H](O)[C@H]([CH2-])NC(=O)c1cc(CN2CCNCC2)c2ccccc2n1.[Y]. The molecule has 1 aliphatic heterocycles. The second-order valence-corrected chi connectivity index (χ2v) is 6.65. The normalized spacial score (nSPS) is 15.3. The molecule has 1 aromatic heterocycles. The van der Waals surface area contributed by atoms with Crippen molar-refractivity contribution in [2.45, 2.75) is 52.8 Å². The van der Waals surface area contributed by atoms with Crippen LogP contribution in [-0.4, -0.2) is 59.2 Å². The molecule has 1 radical (unpaired) electrons. The number of aliphatic hydroxyl groups excluding tert-OH is 1. The summed E-state index contributed by atoms with van der Waals surface area (Å²) in [4.78, 5) is 19.5. The van der Waals surface area contributed by atoms with Crippen LogP contribution in [0.4, 0.5) is 0 Å². The van der Waals surface area contributed by atoms with E-state index in [1.807, 2.05) is 58.0 Å². The first-order chi connectivity index (χ1) is 14.6. The van der Waals surface area contributed by atoms with Crippen LogP contribution in [0, 0.1) is 13.8 Å². The first-order valence-electron chi connectivity index (χ1n) is 11.0. The van der Waals surface area contributed by atoms with Gasteiger partial charge in [-0.25, -0.2) is 4.98 Å². The molecule has 1 aliphatic rings. The Hall–Kier alpha value is -0.916. The van der Waals surface area contributed by atoms with Crippen molar-refractivity contribution >= 4 is 16.8 Å². The van der Waals surface area contributed by atoms with Gasteiger partial charge in [-0.2, -0.15) is 6.42 Å². The molecule has 0 aliphatic carbocycles. The summed E-state index contributed by atoms with van der Waals surface area (Å²) >= 11 is 0. The zero-order valence-electron chi connectivity index (χ0n) is 19.5. The third kappa shape index (κ3) is 9.23. The number of nitrogens with zero attached hydrogens (tertiary/aromatic N) is 2. The van der Waals surface area contributed by atoms with Gasteiger partial charge in [0, 0.05) is 76.9 Å². The molecule has 6 nitrogen and oxygen atoms in total. The van der Waals surface area contributed by atoms with Gasteiger partial charge in [0.1, 0.15) is 5.69 Å². The van der Waals surface area contributed by atoms with E-state index in [0.29, 0.717) is 5.69 Å². The van der Waals surface area contributed by atoms with Crippen molar-refractivity contribution in [3.05, 3.63) is 55.4 Å². The van der Waals surface area contributed by atoms with Gasteiger partial charge in [-0.05, 0) is 17.7 Å². The van der Waals surface area contributed by atoms with Gasteiger partial charge < -0.3 is 29.6 Å². The first kappa shape index (κ1) is 30.1. The number of amides is 1. The largest absolute Gasteiger partial charge is 0.396 e. The van der Waals surface area contributed by atoms with Crippen molar-refractivity contribution in [1.29, 1.82) is 0 Å². The van der Waals surface area contributed by atoms with Gasteiger partial charge in [-0.3, -0.25) is 9.69 Å². The van der Waals surface area contributed by atoms with E-state index >= 15 is 0 Å². The number of nitrogens with one attached hydrogen (secondary N) is 2. The van der Waals surface area contributed by atoms with Crippen molar-refractivity contribution in [2.75, 3.05) is 26.2 Å². The summed E-state index contributed by atoms with van der Waals surface area (Å²) in [6.45, 7) is 20.1. The van der Waals surface area contributed by atoms with Crippen LogP contribution in [-0.2, 0) is 39.3 Å². The van der Waals surface area contributed by atoms with E-state index in [2.05, 4.69) is 34.4 Å². The number of hydrogen-bond acceptors (Lipinski definition) is 5. The molecule has 2 aromatic rings. The number of aromatic nitrogens is 1. The van der Waals surface area contributed by atoms with E-state index in [0.717, 1.165) is 49.2 Å². The topological polar surface area (TPSA) is 77.5 Å². The van der Waals surface area contributed by atoms with E-state index in [9.17, 15) is 9.90 Å². The predicted octanol–water partition coefficient (Wildman–Crippen LogP) is 3.21. The number of para-hydroxylation sites is 1. The van der Waals surface area contributed by atoms with Gasteiger partial charge in [0.15, 0.2) is 0 Å². The maximum absolute atomic E-state index is 12.6. The van der Waals surface area contributed by atoms with Gasteiger partial charge in [0.25, 0.3) is 5.91 Å².